The second kappa shape index (κ2) is 10.4. The van der Waals surface area contributed by atoms with Gasteiger partial charge in [0.15, 0.2) is 0 Å². The zero-order valence-corrected chi connectivity index (χ0v) is 18.2. The van der Waals surface area contributed by atoms with E-state index >= 15 is 0 Å². The summed E-state index contributed by atoms with van der Waals surface area (Å²) in [5, 5.41) is 13.1. The van der Waals surface area contributed by atoms with Gasteiger partial charge in [0, 0.05) is 17.5 Å². The van der Waals surface area contributed by atoms with Gasteiger partial charge in [-0.2, -0.15) is 0 Å². The van der Waals surface area contributed by atoms with Gasteiger partial charge in [-0.05, 0) is 61.4 Å². The van der Waals surface area contributed by atoms with Crippen molar-refractivity contribution < 1.29 is 18.3 Å². The second-order valence-corrected chi connectivity index (χ2v) is 9.88. The van der Waals surface area contributed by atoms with Gasteiger partial charge in [-0.25, -0.2) is 13.1 Å². The second-order valence-electron chi connectivity index (χ2n) is 7.68. The zero-order valence-electron chi connectivity index (χ0n) is 16.6. The minimum Gasteiger partial charge on any atom is -0.394 e. The monoisotopic (exact) mass is 450 g/mol. The lowest BCUT2D eigenvalue weighted by Crippen LogP contribution is -2.38. The summed E-state index contributed by atoms with van der Waals surface area (Å²) in [5.74, 6) is 0.0175. The van der Waals surface area contributed by atoms with Crippen molar-refractivity contribution in [2.24, 2.45) is 11.8 Å². The van der Waals surface area contributed by atoms with Crippen LogP contribution in [0.15, 0.2) is 59.5 Å². The Kier molecular flexibility index (Phi) is 7.88. The molecule has 1 fully saturated rings. The number of nitrogens with one attached hydrogen (secondary N) is 2. The van der Waals surface area contributed by atoms with Crippen molar-refractivity contribution in [2.45, 2.75) is 36.6 Å². The third-order valence-corrected chi connectivity index (χ3v) is 7.30. The van der Waals surface area contributed by atoms with Crippen LogP contribution in [0.3, 0.4) is 0 Å². The van der Waals surface area contributed by atoms with Gasteiger partial charge in [0.05, 0.1) is 17.5 Å². The van der Waals surface area contributed by atoms with Crippen molar-refractivity contribution in [3.05, 3.63) is 65.2 Å². The molecule has 0 saturated heterocycles. The number of aliphatic hydroxyl groups is 1. The summed E-state index contributed by atoms with van der Waals surface area (Å²) in [4.78, 5) is 12.8. The fraction of sp³-hybridized carbons (Fsp3) is 0.409. The molecule has 0 heterocycles. The minimum absolute atomic E-state index is 0.0573. The Labute approximate surface area is 182 Å². The average Bonchev–Trinajstić information content (AvgIpc) is 2.77. The zero-order chi connectivity index (χ0) is 21.6. The number of aliphatic hydroxyl groups excluding tert-OH is 1. The summed E-state index contributed by atoms with van der Waals surface area (Å²) in [6.45, 7) is 0.195. The summed E-state index contributed by atoms with van der Waals surface area (Å²) in [6.07, 6.45) is 2.95. The van der Waals surface area contributed by atoms with Gasteiger partial charge >= 0.3 is 0 Å². The molecular formula is C22H27ClN2O4S. The molecule has 162 valence electrons. The normalized spacial score (nSPS) is 20.5. The maximum Gasteiger partial charge on any atom is 0.240 e. The highest BCUT2D eigenvalue weighted by molar-refractivity contribution is 7.89. The van der Waals surface area contributed by atoms with Crippen LogP contribution < -0.4 is 10.0 Å². The van der Waals surface area contributed by atoms with Crippen molar-refractivity contribution in [1.29, 1.82) is 0 Å². The Balaban J connectivity index is 1.47. The number of carbonyl (C=O) groups excluding carboxylic acids is 1. The third kappa shape index (κ3) is 6.04. The van der Waals surface area contributed by atoms with E-state index in [4.69, 9.17) is 11.6 Å². The third-order valence-electron chi connectivity index (χ3n) is 5.60. The topological polar surface area (TPSA) is 95.5 Å². The van der Waals surface area contributed by atoms with E-state index in [0.29, 0.717) is 24.4 Å². The van der Waals surface area contributed by atoms with Crippen LogP contribution in [0.25, 0.3) is 0 Å². The molecule has 2 aromatic rings. The molecule has 1 atom stereocenters. The van der Waals surface area contributed by atoms with E-state index in [1.54, 1.807) is 12.1 Å². The molecule has 3 rings (SSSR count). The SMILES string of the molecule is O=C(N[C@H](CO)c1ccccc1)C1CCC(CNS(=O)(=O)c2ccc(Cl)cc2)CC1. The van der Waals surface area contributed by atoms with E-state index in [1.165, 1.54) is 12.1 Å². The van der Waals surface area contributed by atoms with Gasteiger partial charge in [-0.1, -0.05) is 41.9 Å². The van der Waals surface area contributed by atoms with Crippen LogP contribution in [0.2, 0.25) is 5.02 Å². The van der Waals surface area contributed by atoms with Crippen LogP contribution in [-0.2, 0) is 14.8 Å². The standard InChI is InChI=1S/C22H27ClN2O4S/c23-19-10-12-20(13-11-19)30(28,29)24-14-16-6-8-18(9-7-16)22(27)25-21(15-26)17-4-2-1-3-5-17/h1-5,10-13,16,18,21,24,26H,6-9,14-15H2,(H,25,27)/t16?,18?,21-/m1/s1. The Bertz CT molecular complexity index is 927. The highest BCUT2D eigenvalue weighted by Gasteiger charge is 2.28. The smallest absolute Gasteiger partial charge is 0.240 e. The fourth-order valence-electron chi connectivity index (χ4n) is 3.76. The van der Waals surface area contributed by atoms with E-state index in [9.17, 15) is 18.3 Å². The maximum absolute atomic E-state index is 12.6. The number of sulfonamides is 1. The molecule has 6 nitrogen and oxygen atoms in total. The predicted molar refractivity (Wildman–Crippen MR) is 117 cm³/mol. The molecule has 0 aromatic heterocycles. The molecule has 8 heteroatoms. The van der Waals surface area contributed by atoms with Crippen LogP contribution >= 0.6 is 11.6 Å². The summed E-state index contributed by atoms with van der Waals surface area (Å²) in [6, 6.07) is 15.1. The molecular weight excluding hydrogens is 424 g/mol. The van der Waals surface area contributed by atoms with Gasteiger partial charge in [-0.3, -0.25) is 4.79 Å². The van der Waals surface area contributed by atoms with Gasteiger partial charge in [0.25, 0.3) is 0 Å². The Morgan fingerprint density at radius 2 is 1.67 bits per heavy atom. The first-order valence-electron chi connectivity index (χ1n) is 10.1. The van der Waals surface area contributed by atoms with Crippen molar-refractivity contribution in [3.8, 4) is 0 Å². The lowest BCUT2D eigenvalue weighted by atomic mass is 9.81. The molecule has 1 amide bonds. The van der Waals surface area contributed by atoms with Crippen molar-refractivity contribution in [1.82, 2.24) is 10.0 Å². The summed E-state index contributed by atoms with van der Waals surface area (Å²) in [7, 11) is -3.57. The van der Waals surface area contributed by atoms with E-state index in [-0.39, 0.29) is 29.2 Å². The lowest BCUT2D eigenvalue weighted by Gasteiger charge is -2.29. The number of benzene rings is 2. The average molecular weight is 451 g/mol. The van der Waals surface area contributed by atoms with Crippen LogP contribution in [0.1, 0.15) is 37.3 Å². The molecule has 2 aromatic carbocycles. The van der Waals surface area contributed by atoms with Gasteiger partial charge in [0.2, 0.25) is 15.9 Å². The van der Waals surface area contributed by atoms with Crippen molar-refractivity contribution >= 4 is 27.5 Å². The molecule has 0 radical (unpaired) electrons. The molecule has 3 N–H and O–H groups in total. The van der Waals surface area contributed by atoms with Gasteiger partial charge in [0.1, 0.15) is 0 Å². The molecule has 0 bridgehead atoms. The molecule has 1 saturated carbocycles. The van der Waals surface area contributed by atoms with E-state index in [1.807, 2.05) is 30.3 Å². The Morgan fingerprint density at radius 1 is 1.03 bits per heavy atom. The van der Waals surface area contributed by atoms with Crippen molar-refractivity contribution in [2.75, 3.05) is 13.2 Å². The first-order valence-corrected chi connectivity index (χ1v) is 12.0. The summed E-state index contributed by atoms with van der Waals surface area (Å²) in [5.41, 5.74) is 0.874. The Hall–Kier alpha value is -1.93. The molecule has 1 aliphatic carbocycles. The van der Waals surface area contributed by atoms with E-state index in [2.05, 4.69) is 10.0 Å². The maximum atomic E-state index is 12.6. The van der Waals surface area contributed by atoms with Gasteiger partial charge in [-0.15, -0.1) is 0 Å². The van der Waals surface area contributed by atoms with Crippen LogP contribution in [-0.4, -0.2) is 32.6 Å². The minimum atomic E-state index is -3.57. The molecule has 30 heavy (non-hydrogen) atoms. The van der Waals surface area contributed by atoms with E-state index in [0.717, 1.165) is 18.4 Å². The number of carbonyl (C=O) groups is 1. The first-order chi connectivity index (χ1) is 14.4. The highest BCUT2D eigenvalue weighted by atomic mass is 35.5. The van der Waals surface area contributed by atoms with Crippen molar-refractivity contribution in [3.63, 3.8) is 0 Å². The number of rotatable bonds is 8. The first kappa shape index (κ1) is 22.7. The molecule has 0 spiro atoms. The van der Waals surface area contributed by atoms with Crippen LogP contribution in [0.4, 0.5) is 0 Å². The summed E-state index contributed by atoms with van der Waals surface area (Å²) < 4.78 is 27.5. The number of hydrogen-bond acceptors (Lipinski definition) is 4. The van der Waals surface area contributed by atoms with Crippen LogP contribution in [0.5, 0.6) is 0 Å². The number of amides is 1. The number of hydrogen-bond donors (Lipinski definition) is 3. The van der Waals surface area contributed by atoms with Gasteiger partial charge < -0.3 is 10.4 Å². The Morgan fingerprint density at radius 3 is 2.27 bits per heavy atom. The highest BCUT2D eigenvalue weighted by Crippen LogP contribution is 2.29. The molecule has 0 aliphatic heterocycles. The molecule has 1 aliphatic rings. The largest absolute Gasteiger partial charge is 0.394 e. The molecule has 0 unspecified atom stereocenters. The predicted octanol–water partition coefficient (Wildman–Crippen LogP) is 3.27. The number of halogens is 1. The summed E-state index contributed by atoms with van der Waals surface area (Å²) >= 11 is 5.81. The van der Waals surface area contributed by atoms with E-state index < -0.39 is 16.1 Å². The fourth-order valence-corrected chi connectivity index (χ4v) is 5.00. The van der Waals surface area contributed by atoms with Crippen LogP contribution in [0, 0.1) is 11.8 Å². The quantitative estimate of drug-likeness (QED) is 0.575. The lowest BCUT2D eigenvalue weighted by molar-refractivity contribution is -0.127.